The van der Waals surface area contributed by atoms with Crippen LogP contribution in [0.25, 0.3) is 11.1 Å². The van der Waals surface area contributed by atoms with E-state index < -0.39 is 0 Å². The number of hydrogen-bond acceptors (Lipinski definition) is 5. The lowest BCUT2D eigenvalue weighted by Crippen LogP contribution is -2.26. The Hall–Kier alpha value is -3.06. The van der Waals surface area contributed by atoms with Crippen molar-refractivity contribution >= 4 is 5.91 Å². The van der Waals surface area contributed by atoms with Crippen LogP contribution in [0.2, 0.25) is 0 Å². The summed E-state index contributed by atoms with van der Waals surface area (Å²) in [5.41, 5.74) is 3.78. The second kappa shape index (κ2) is 9.05. The summed E-state index contributed by atoms with van der Waals surface area (Å²) in [6.07, 6.45) is 5.87. The molecule has 2 aromatic heterocycles. The summed E-state index contributed by atoms with van der Waals surface area (Å²) in [4.78, 5) is 16.6. The number of methoxy groups -OCH3 is 1. The summed E-state index contributed by atoms with van der Waals surface area (Å²) in [5, 5.41) is 11.0. The van der Waals surface area contributed by atoms with Gasteiger partial charge in [0.25, 0.3) is 5.91 Å². The molecule has 0 radical (unpaired) electrons. The van der Waals surface area contributed by atoms with Gasteiger partial charge in [-0.3, -0.25) is 9.78 Å². The summed E-state index contributed by atoms with van der Waals surface area (Å²) in [5.74, 6) is 0.722. The van der Waals surface area contributed by atoms with Gasteiger partial charge in [-0.2, -0.15) is 0 Å². The first-order chi connectivity index (χ1) is 13.2. The Labute approximate surface area is 158 Å². The number of benzene rings is 1. The number of carbonyl (C=O) groups is 1. The maximum Gasteiger partial charge on any atom is 0.251 e. The molecular formula is C20H23N5O2. The Morgan fingerprint density at radius 2 is 2.19 bits per heavy atom. The zero-order valence-electron chi connectivity index (χ0n) is 15.6. The van der Waals surface area contributed by atoms with Gasteiger partial charge in [0.1, 0.15) is 12.2 Å². The van der Waals surface area contributed by atoms with E-state index in [9.17, 15) is 4.79 Å². The van der Waals surface area contributed by atoms with Gasteiger partial charge in [0, 0.05) is 44.6 Å². The van der Waals surface area contributed by atoms with E-state index in [1.54, 1.807) is 19.6 Å². The normalized spacial score (nSPS) is 10.7. The molecule has 0 spiro atoms. The van der Waals surface area contributed by atoms with Gasteiger partial charge in [0.15, 0.2) is 0 Å². The van der Waals surface area contributed by atoms with Crippen LogP contribution in [0.4, 0.5) is 0 Å². The lowest BCUT2D eigenvalue weighted by atomic mass is 10.0. The van der Waals surface area contributed by atoms with Crippen molar-refractivity contribution < 1.29 is 9.53 Å². The number of rotatable bonds is 8. The number of ether oxygens (including phenoxy) is 1. The predicted octanol–water partition coefficient (Wildman–Crippen LogP) is 2.27. The molecule has 0 unspecified atom stereocenters. The molecule has 27 heavy (non-hydrogen) atoms. The summed E-state index contributed by atoms with van der Waals surface area (Å²) in [6, 6.07) is 9.57. The van der Waals surface area contributed by atoms with Crippen LogP contribution >= 0.6 is 0 Å². The first-order valence-corrected chi connectivity index (χ1v) is 8.84. The largest absolute Gasteiger partial charge is 0.383 e. The first-order valence-electron chi connectivity index (χ1n) is 8.84. The number of nitrogens with zero attached hydrogens (tertiary/aromatic N) is 4. The predicted molar refractivity (Wildman–Crippen MR) is 102 cm³/mol. The van der Waals surface area contributed by atoms with Crippen LogP contribution in [-0.4, -0.2) is 45.9 Å². The Kier molecular flexibility index (Phi) is 6.27. The van der Waals surface area contributed by atoms with Crippen molar-refractivity contribution in [3.8, 4) is 11.1 Å². The lowest BCUT2D eigenvalue weighted by Gasteiger charge is -2.09. The van der Waals surface area contributed by atoms with Crippen molar-refractivity contribution in [2.45, 2.75) is 19.9 Å². The van der Waals surface area contributed by atoms with Crippen LogP contribution in [-0.2, 0) is 17.7 Å². The highest BCUT2D eigenvalue weighted by atomic mass is 16.5. The minimum Gasteiger partial charge on any atom is -0.383 e. The third-order valence-electron chi connectivity index (χ3n) is 4.32. The van der Waals surface area contributed by atoms with Crippen molar-refractivity contribution in [1.29, 1.82) is 0 Å². The second-order valence-electron chi connectivity index (χ2n) is 6.21. The third kappa shape index (κ3) is 4.77. The molecule has 3 aromatic rings. The average molecular weight is 365 g/mol. The molecule has 0 aliphatic heterocycles. The fraction of sp³-hybridized carbons (Fsp3) is 0.300. The molecule has 0 aliphatic carbocycles. The molecule has 0 fully saturated rings. The van der Waals surface area contributed by atoms with Crippen molar-refractivity contribution in [2.24, 2.45) is 0 Å². The smallest absolute Gasteiger partial charge is 0.251 e. The number of amides is 1. The highest BCUT2D eigenvalue weighted by Gasteiger charge is 2.09. The van der Waals surface area contributed by atoms with E-state index in [1.165, 1.54) is 0 Å². The number of aromatic nitrogens is 4. The lowest BCUT2D eigenvalue weighted by molar-refractivity contribution is 0.0954. The van der Waals surface area contributed by atoms with Gasteiger partial charge < -0.3 is 14.6 Å². The summed E-state index contributed by atoms with van der Waals surface area (Å²) >= 11 is 0. The van der Waals surface area contributed by atoms with Crippen LogP contribution in [0.5, 0.6) is 0 Å². The number of aryl methyl sites for hydroxylation is 1. The van der Waals surface area contributed by atoms with Crippen LogP contribution in [0.15, 0.2) is 49.1 Å². The zero-order valence-corrected chi connectivity index (χ0v) is 15.6. The number of nitrogens with one attached hydrogen (secondary N) is 1. The van der Waals surface area contributed by atoms with Crippen LogP contribution in [0.1, 0.15) is 21.7 Å². The molecule has 0 atom stereocenters. The van der Waals surface area contributed by atoms with Gasteiger partial charge in [-0.15, -0.1) is 10.2 Å². The van der Waals surface area contributed by atoms with Crippen LogP contribution in [0, 0.1) is 6.92 Å². The van der Waals surface area contributed by atoms with Crippen LogP contribution in [0.3, 0.4) is 0 Å². The Bertz CT molecular complexity index is 907. The Balaban J connectivity index is 1.61. The topological polar surface area (TPSA) is 81.9 Å². The number of pyridine rings is 1. The maximum atomic E-state index is 12.5. The van der Waals surface area contributed by atoms with E-state index in [-0.39, 0.29) is 5.91 Å². The van der Waals surface area contributed by atoms with E-state index in [0.717, 1.165) is 22.5 Å². The van der Waals surface area contributed by atoms with E-state index in [1.807, 2.05) is 48.0 Å². The average Bonchev–Trinajstić information content (AvgIpc) is 3.14. The molecule has 2 heterocycles. The molecule has 0 saturated carbocycles. The minimum atomic E-state index is -0.105. The SMILES string of the molecule is COCCn1cnnc1CCNC(=O)c1cccc(-c2ccncc2C)c1. The molecule has 0 bridgehead atoms. The van der Waals surface area contributed by atoms with Gasteiger partial charge in [-0.1, -0.05) is 12.1 Å². The van der Waals surface area contributed by atoms with E-state index >= 15 is 0 Å². The van der Waals surface area contributed by atoms with E-state index in [2.05, 4.69) is 20.5 Å². The van der Waals surface area contributed by atoms with Gasteiger partial charge in [-0.05, 0) is 41.8 Å². The van der Waals surface area contributed by atoms with Crippen molar-refractivity contribution in [3.63, 3.8) is 0 Å². The van der Waals surface area contributed by atoms with Crippen molar-refractivity contribution in [2.75, 3.05) is 20.3 Å². The quantitative estimate of drug-likeness (QED) is 0.662. The molecule has 1 aromatic carbocycles. The fourth-order valence-electron chi connectivity index (χ4n) is 2.86. The van der Waals surface area contributed by atoms with Crippen LogP contribution < -0.4 is 5.32 Å². The fourth-order valence-corrected chi connectivity index (χ4v) is 2.86. The minimum absolute atomic E-state index is 0.105. The first kappa shape index (κ1) is 18.7. The van der Waals surface area contributed by atoms with Gasteiger partial charge in [0.2, 0.25) is 0 Å². The number of carbonyl (C=O) groups excluding carboxylic acids is 1. The van der Waals surface area contributed by atoms with Gasteiger partial charge >= 0.3 is 0 Å². The van der Waals surface area contributed by atoms with Gasteiger partial charge in [0.05, 0.1) is 6.61 Å². The maximum absolute atomic E-state index is 12.5. The third-order valence-corrected chi connectivity index (χ3v) is 4.32. The second-order valence-corrected chi connectivity index (χ2v) is 6.21. The zero-order chi connectivity index (χ0) is 19.1. The van der Waals surface area contributed by atoms with E-state index in [0.29, 0.717) is 31.7 Å². The summed E-state index contributed by atoms with van der Waals surface area (Å²) in [6.45, 7) is 3.79. The summed E-state index contributed by atoms with van der Waals surface area (Å²) in [7, 11) is 1.66. The molecule has 0 aliphatic rings. The standard InChI is InChI=1S/C20H23N5O2/c1-15-13-21-8-6-18(15)16-4-3-5-17(12-16)20(26)22-9-7-19-24-23-14-25(19)10-11-27-2/h3-6,8,12-14H,7,9-11H2,1-2H3,(H,22,26). The molecule has 7 nitrogen and oxygen atoms in total. The molecule has 1 N–H and O–H groups in total. The molecule has 7 heteroatoms. The Morgan fingerprint density at radius 3 is 3.00 bits per heavy atom. The molecular weight excluding hydrogens is 342 g/mol. The highest BCUT2D eigenvalue weighted by Crippen LogP contribution is 2.23. The summed E-state index contributed by atoms with van der Waals surface area (Å²) < 4.78 is 7.01. The van der Waals surface area contributed by atoms with Gasteiger partial charge in [-0.25, -0.2) is 0 Å². The molecule has 0 saturated heterocycles. The highest BCUT2D eigenvalue weighted by molar-refractivity contribution is 5.95. The monoisotopic (exact) mass is 365 g/mol. The molecule has 3 rings (SSSR count). The Morgan fingerprint density at radius 1 is 1.30 bits per heavy atom. The molecule has 1 amide bonds. The van der Waals surface area contributed by atoms with E-state index in [4.69, 9.17) is 4.74 Å². The number of hydrogen-bond donors (Lipinski definition) is 1. The molecule has 140 valence electrons. The van der Waals surface area contributed by atoms with Crippen molar-refractivity contribution in [1.82, 2.24) is 25.1 Å². The van der Waals surface area contributed by atoms with Crippen molar-refractivity contribution in [3.05, 3.63) is 66.0 Å².